The smallest absolute Gasteiger partial charge is 0.338 e. The number of ether oxygens (including phenoxy) is 1. The van der Waals surface area contributed by atoms with Crippen LogP contribution < -0.4 is 0 Å². The van der Waals surface area contributed by atoms with Crippen LogP contribution in [0.2, 0.25) is 0 Å². The van der Waals surface area contributed by atoms with Crippen LogP contribution in [0, 0.1) is 0 Å². The molecule has 2 aromatic heterocycles. The van der Waals surface area contributed by atoms with E-state index in [0.29, 0.717) is 16.9 Å². The molecule has 2 N–H and O–H groups in total. The summed E-state index contributed by atoms with van der Waals surface area (Å²) < 4.78 is 5.42. The van der Waals surface area contributed by atoms with Crippen molar-refractivity contribution in [1.82, 2.24) is 15.2 Å². The molecule has 0 amide bonds. The molecule has 0 aliphatic carbocycles. The first-order valence-corrected chi connectivity index (χ1v) is 10.7. The Bertz CT molecular complexity index is 1250. The molecule has 0 aliphatic rings. The molecule has 2 heterocycles. The number of aromatic amines is 1. The first-order valence-electron chi connectivity index (χ1n) is 10.7. The minimum atomic E-state index is -0.549. The van der Waals surface area contributed by atoms with Crippen LogP contribution in [0.1, 0.15) is 49.2 Å². The lowest BCUT2D eigenvalue weighted by molar-refractivity contribution is 0.00695. The minimum absolute atomic E-state index is 0.137. The normalized spacial score (nSPS) is 11.7. The third kappa shape index (κ3) is 4.41. The number of rotatable bonds is 5. The number of pyridine rings is 1. The van der Waals surface area contributed by atoms with Crippen molar-refractivity contribution in [3.05, 3.63) is 71.3 Å². The lowest BCUT2D eigenvalue weighted by atomic mass is 10.0. The van der Waals surface area contributed by atoms with Gasteiger partial charge in [-0.25, -0.2) is 9.78 Å². The summed E-state index contributed by atoms with van der Waals surface area (Å²) in [5.74, 6) is -0.366. The Labute approximate surface area is 187 Å². The van der Waals surface area contributed by atoms with Crippen molar-refractivity contribution in [1.29, 1.82) is 0 Å². The number of carbonyl (C=O) groups is 1. The van der Waals surface area contributed by atoms with E-state index in [1.807, 2.05) is 39.0 Å². The summed E-state index contributed by atoms with van der Waals surface area (Å²) in [5.41, 5.74) is 5.80. The number of fused-ring (bicyclic) bond motifs is 1. The second-order valence-corrected chi connectivity index (χ2v) is 8.75. The van der Waals surface area contributed by atoms with E-state index >= 15 is 0 Å². The molecule has 2 aromatic carbocycles. The van der Waals surface area contributed by atoms with E-state index in [1.54, 1.807) is 12.1 Å². The second-order valence-electron chi connectivity index (χ2n) is 8.75. The van der Waals surface area contributed by atoms with E-state index in [4.69, 9.17) is 9.72 Å². The molecule has 0 radical (unpaired) electrons. The Morgan fingerprint density at radius 2 is 1.69 bits per heavy atom. The van der Waals surface area contributed by atoms with Crippen LogP contribution in [-0.4, -0.2) is 31.9 Å². The number of H-pyrrole nitrogens is 1. The zero-order chi connectivity index (χ0) is 22.9. The quantitative estimate of drug-likeness (QED) is 0.420. The number of nitrogens with zero attached hydrogens (tertiary/aromatic N) is 2. The van der Waals surface area contributed by atoms with Crippen molar-refractivity contribution in [2.24, 2.45) is 0 Å². The van der Waals surface area contributed by atoms with E-state index in [-0.39, 0.29) is 12.6 Å². The molecule has 0 unspecified atom stereocenters. The Morgan fingerprint density at radius 3 is 2.28 bits per heavy atom. The predicted octanol–water partition coefficient (Wildman–Crippen LogP) is 5.30. The van der Waals surface area contributed by atoms with Gasteiger partial charge in [-0.05, 0) is 56.5 Å². The summed E-state index contributed by atoms with van der Waals surface area (Å²) >= 11 is 0. The maximum Gasteiger partial charge on any atom is 0.338 e. The van der Waals surface area contributed by atoms with Gasteiger partial charge in [0.05, 0.1) is 28.9 Å². The average Bonchev–Trinajstić information content (AvgIpc) is 3.21. The van der Waals surface area contributed by atoms with Crippen molar-refractivity contribution in [2.45, 2.75) is 46.3 Å². The van der Waals surface area contributed by atoms with Crippen LogP contribution in [-0.2, 0) is 17.8 Å². The molecule has 4 rings (SSSR count). The van der Waals surface area contributed by atoms with E-state index < -0.39 is 5.60 Å². The highest BCUT2D eigenvalue weighted by molar-refractivity contribution is 5.95. The van der Waals surface area contributed by atoms with E-state index in [1.165, 1.54) is 5.56 Å². The summed E-state index contributed by atoms with van der Waals surface area (Å²) in [6.07, 6.45) is 0.976. The number of benzene rings is 2. The highest BCUT2D eigenvalue weighted by Gasteiger charge is 2.19. The first kappa shape index (κ1) is 21.7. The van der Waals surface area contributed by atoms with Gasteiger partial charge in [0.1, 0.15) is 5.60 Å². The number of aliphatic hydroxyl groups excluding tert-OH is 1. The number of carbonyl (C=O) groups excluding carboxylic acids is 1. The lowest BCUT2D eigenvalue weighted by Gasteiger charge is -2.19. The number of aromatic nitrogens is 3. The van der Waals surface area contributed by atoms with Crippen molar-refractivity contribution >= 4 is 17.0 Å². The van der Waals surface area contributed by atoms with Crippen LogP contribution in [0.3, 0.4) is 0 Å². The molecule has 6 nitrogen and oxygen atoms in total. The number of hydrogen-bond acceptors (Lipinski definition) is 5. The van der Waals surface area contributed by atoms with Crippen LogP contribution >= 0.6 is 0 Å². The Hall–Kier alpha value is -3.51. The number of aliphatic hydroxyl groups is 1. The molecule has 0 aliphatic heterocycles. The van der Waals surface area contributed by atoms with Gasteiger partial charge in [0, 0.05) is 11.1 Å². The van der Waals surface area contributed by atoms with Gasteiger partial charge in [-0.1, -0.05) is 43.3 Å². The molecule has 32 heavy (non-hydrogen) atoms. The molecule has 6 heteroatoms. The third-order valence-corrected chi connectivity index (χ3v) is 5.24. The minimum Gasteiger partial charge on any atom is -0.456 e. The standard InChI is InChI=1S/C26H27N3O3/c1-5-16-6-8-18(9-7-16)23-22-20(15-30)14-21(27-24(22)29-28-23)17-10-12-19(13-11-17)25(31)32-26(2,3)4/h6-14,30H,5,15H2,1-4H3,(H,27,28,29). The SMILES string of the molecule is CCc1ccc(-c2[nH]nc3nc(-c4ccc(C(=O)OC(C)(C)C)cc4)cc(CO)c23)cc1. The zero-order valence-corrected chi connectivity index (χ0v) is 18.8. The molecule has 0 spiro atoms. The Balaban J connectivity index is 1.70. The van der Waals surface area contributed by atoms with Crippen LogP contribution in [0.5, 0.6) is 0 Å². The lowest BCUT2D eigenvalue weighted by Crippen LogP contribution is -2.23. The maximum absolute atomic E-state index is 12.3. The highest BCUT2D eigenvalue weighted by atomic mass is 16.6. The van der Waals surface area contributed by atoms with Gasteiger partial charge < -0.3 is 9.84 Å². The number of hydrogen-bond donors (Lipinski definition) is 2. The number of aryl methyl sites for hydroxylation is 1. The fourth-order valence-electron chi connectivity index (χ4n) is 3.60. The van der Waals surface area contributed by atoms with Crippen molar-refractivity contribution < 1.29 is 14.6 Å². The summed E-state index contributed by atoms with van der Waals surface area (Å²) in [7, 11) is 0. The Morgan fingerprint density at radius 1 is 1.03 bits per heavy atom. The fourth-order valence-corrected chi connectivity index (χ4v) is 3.60. The molecule has 0 bridgehead atoms. The topological polar surface area (TPSA) is 88.1 Å². The van der Waals surface area contributed by atoms with Gasteiger partial charge in [-0.3, -0.25) is 5.10 Å². The van der Waals surface area contributed by atoms with Crippen molar-refractivity contribution in [3.63, 3.8) is 0 Å². The van der Waals surface area contributed by atoms with Crippen molar-refractivity contribution in [3.8, 4) is 22.5 Å². The monoisotopic (exact) mass is 429 g/mol. The summed E-state index contributed by atoms with van der Waals surface area (Å²) in [5, 5.41) is 18.4. The van der Waals surface area contributed by atoms with Crippen molar-refractivity contribution in [2.75, 3.05) is 0 Å². The molecule has 164 valence electrons. The third-order valence-electron chi connectivity index (χ3n) is 5.24. The number of esters is 1. The van der Waals surface area contributed by atoms with E-state index in [9.17, 15) is 9.90 Å². The summed E-state index contributed by atoms with van der Waals surface area (Å²) in [6.45, 7) is 7.50. The summed E-state index contributed by atoms with van der Waals surface area (Å²) in [6, 6.07) is 17.2. The molecule has 0 saturated carbocycles. The van der Waals surface area contributed by atoms with Crippen LogP contribution in [0.15, 0.2) is 54.6 Å². The van der Waals surface area contributed by atoms with Gasteiger partial charge in [0.2, 0.25) is 0 Å². The Kier molecular flexibility index (Phi) is 5.80. The number of nitrogens with one attached hydrogen (secondary N) is 1. The van der Waals surface area contributed by atoms with Crippen LogP contribution in [0.4, 0.5) is 0 Å². The van der Waals surface area contributed by atoms with Gasteiger partial charge >= 0.3 is 5.97 Å². The van der Waals surface area contributed by atoms with Crippen LogP contribution in [0.25, 0.3) is 33.5 Å². The van der Waals surface area contributed by atoms with Gasteiger partial charge in [0.15, 0.2) is 5.65 Å². The van der Waals surface area contributed by atoms with Gasteiger partial charge in [-0.15, -0.1) is 0 Å². The van der Waals surface area contributed by atoms with Gasteiger partial charge in [-0.2, -0.15) is 5.10 Å². The maximum atomic E-state index is 12.3. The molecule has 0 saturated heterocycles. The predicted molar refractivity (Wildman–Crippen MR) is 125 cm³/mol. The zero-order valence-electron chi connectivity index (χ0n) is 18.8. The molecule has 4 aromatic rings. The average molecular weight is 430 g/mol. The molecular formula is C26H27N3O3. The molecule has 0 atom stereocenters. The van der Waals surface area contributed by atoms with Gasteiger partial charge in [0.25, 0.3) is 0 Å². The first-order chi connectivity index (χ1) is 15.3. The van der Waals surface area contributed by atoms with E-state index in [0.717, 1.165) is 34.2 Å². The largest absolute Gasteiger partial charge is 0.456 e. The fraction of sp³-hybridized carbons (Fsp3) is 0.269. The summed E-state index contributed by atoms with van der Waals surface area (Å²) in [4.78, 5) is 17.0. The highest BCUT2D eigenvalue weighted by Crippen LogP contribution is 2.31. The molecular weight excluding hydrogens is 402 g/mol. The van der Waals surface area contributed by atoms with E-state index in [2.05, 4.69) is 41.4 Å². The molecule has 0 fully saturated rings. The second kappa shape index (κ2) is 8.55.